The summed E-state index contributed by atoms with van der Waals surface area (Å²) in [5.41, 5.74) is 0.505. The van der Waals surface area contributed by atoms with Crippen molar-refractivity contribution in [2.75, 3.05) is 18.5 Å². The topological polar surface area (TPSA) is 76.7 Å². The Morgan fingerprint density at radius 2 is 1.67 bits per heavy atom. The molecule has 0 saturated heterocycles. The summed E-state index contributed by atoms with van der Waals surface area (Å²) in [7, 11) is 0. The van der Waals surface area contributed by atoms with Crippen molar-refractivity contribution in [1.82, 2.24) is 5.32 Å². The summed E-state index contributed by atoms with van der Waals surface area (Å²) in [5, 5.41) is 5.42. The van der Waals surface area contributed by atoms with E-state index in [2.05, 4.69) is 10.6 Å². The molecule has 0 unspecified atom stereocenters. The molecule has 6 nitrogen and oxygen atoms in total. The van der Waals surface area contributed by atoms with Gasteiger partial charge in [0.05, 0.1) is 13.2 Å². The Balaban J connectivity index is 1.96. The predicted octanol–water partition coefficient (Wildman–Crippen LogP) is 2.87. The van der Waals surface area contributed by atoms with E-state index >= 15 is 0 Å². The Kier molecular flexibility index (Phi) is 6.90. The Labute approximate surface area is 142 Å². The molecular weight excluding hydrogens is 308 g/mol. The molecule has 0 bridgehead atoms. The van der Waals surface area contributed by atoms with Gasteiger partial charge in [0, 0.05) is 17.8 Å². The minimum absolute atomic E-state index is 0.108. The number of ether oxygens (including phenoxy) is 2. The van der Waals surface area contributed by atoms with E-state index in [-0.39, 0.29) is 6.04 Å². The first-order chi connectivity index (χ1) is 11.6. The molecule has 1 aliphatic rings. The molecule has 2 N–H and O–H groups in total. The van der Waals surface area contributed by atoms with Crippen molar-refractivity contribution < 1.29 is 19.1 Å². The number of nitrogens with one attached hydrogen (secondary N) is 2. The van der Waals surface area contributed by atoms with Gasteiger partial charge in [-0.1, -0.05) is 19.3 Å². The number of anilines is 1. The number of carbonyl (C=O) groups excluding carboxylic acids is 2. The van der Waals surface area contributed by atoms with Crippen LogP contribution < -0.4 is 20.1 Å². The molecule has 1 fully saturated rings. The maximum atomic E-state index is 12.1. The maximum Gasteiger partial charge on any atom is 0.313 e. The highest BCUT2D eigenvalue weighted by atomic mass is 16.5. The van der Waals surface area contributed by atoms with E-state index < -0.39 is 11.8 Å². The molecule has 0 atom stereocenters. The quantitative estimate of drug-likeness (QED) is 0.784. The van der Waals surface area contributed by atoms with Gasteiger partial charge in [-0.05, 0) is 38.8 Å². The molecule has 6 heteroatoms. The van der Waals surface area contributed by atoms with Crippen molar-refractivity contribution in [3.8, 4) is 11.5 Å². The molecule has 1 aliphatic carbocycles. The lowest BCUT2D eigenvalue weighted by atomic mass is 9.95. The molecule has 2 rings (SSSR count). The van der Waals surface area contributed by atoms with Gasteiger partial charge in [-0.15, -0.1) is 0 Å². The van der Waals surface area contributed by atoms with Gasteiger partial charge >= 0.3 is 11.8 Å². The third kappa shape index (κ3) is 5.15. The zero-order valence-corrected chi connectivity index (χ0v) is 14.4. The SMILES string of the molecule is CCOc1ccc(NC(=O)C(=O)NC2CCCCC2)cc1OCC. The van der Waals surface area contributed by atoms with Crippen LogP contribution in [0.4, 0.5) is 5.69 Å². The van der Waals surface area contributed by atoms with Gasteiger partial charge in [-0.25, -0.2) is 0 Å². The Bertz CT molecular complexity index is 568. The van der Waals surface area contributed by atoms with Crippen LogP contribution in [0, 0.1) is 0 Å². The zero-order valence-electron chi connectivity index (χ0n) is 14.4. The Morgan fingerprint density at radius 3 is 2.33 bits per heavy atom. The molecule has 0 aromatic heterocycles. The minimum atomic E-state index is -0.660. The molecule has 24 heavy (non-hydrogen) atoms. The molecule has 0 aliphatic heterocycles. The summed E-state index contributed by atoms with van der Waals surface area (Å²) in [6.45, 7) is 4.77. The Morgan fingerprint density at radius 1 is 1.00 bits per heavy atom. The molecular formula is C18H26N2O4. The number of hydrogen-bond donors (Lipinski definition) is 2. The summed E-state index contributed by atoms with van der Waals surface area (Å²) in [5.74, 6) is -0.0882. The van der Waals surface area contributed by atoms with Crippen molar-refractivity contribution in [3.05, 3.63) is 18.2 Å². The van der Waals surface area contributed by atoms with Gasteiger partial charge in [0.25, 0.3) is 0 Å². The van der Waals surface area contributed by atoms with Gasteiger partial charge in [-0.2, -0.15) is 0 Å². The van der Waals surface area contributed by atoms with Crippen LogP contribution in [0.15, 0.2) is 18.2 Å². The number of benzene rings is 1. The maximum absolute atomic E-state index is 12.1. The number of amides is 2. The first-order valence-corrected chi connectivity index (χ1v) is 8.65. The van der Waals surface area contributed by atoms with Crippen LogP contribution in [0.3, 0.4) is 0 Å². The van der Waals surface area contributed by atoms with Gasteiger partial charge in [0.15, 0.2) is 11.5 Å². The first kappa shape index (κ1) is 18.1. The first-order valence-electron chi connectivity index (χ1n) is 8.65. The molecule has 132 valence electrons. The lowest BCUT2D eigenvalue weighted by Gasteiger charge is -2.22. The summed E-state index contributed by atoms with van der Waals surface area (Å²) in [6.07, 6.45) is 5.28. The highest BCUT2D eigenvalue weighted by molar-refractivity contribution is 6.39. The van der Waals surface area contributed by atoms with Gasteiger partial charge in [0.2, 0.25) is 0 Å². The molecule has 2 amide bonds. The lowest BCUT2D eigenvalue weighted by molar-refractivity contribution is -0.136. The third-order valence-electron chi connectivity index (χ3n) is 3.95. The van der Waals surface area contributed by atoms with Crippen molar-refractivity contribution >= 4 is 17.5 Å². The lowest BCUT2D eigenvalue weighted by Crippen LogP contribution is -2.42. The Hall–Kier alpha value is -2.24. The molecule has 0 heterocycles. The fraction of sp³-hybridized carbons (Fsp3) is 0.556. The normalized spacial score (nSPS) is 14.8. The monoisotopic (exact) mass is 334 g/mol. The molecule has 1 aromatic carbocycles. The van der Waals surface area contributed by atoms with Crippen LogP contribution in [0.25, 0.3) is 0 Å². The van der Waals surface area contributed by atoms with E-state index in [0.717, 1.165) is 25.7 Å². The van der Waals surface area contributed by atoms with Crippen LogP contribution in [-0.2, 0) is 9.59 Å². The number of rotatable bonds is 6. The minimum Gasteiger partial charge on any atom is -0.490 e. The molecule has 0 spiro atoms. The third-order valence-corrected chi connectivity index (χ3v) is 3.95. The highest BCUT2D eigenvalue weighted by Gasteiger charge is 2.20. The second-order valence-electron chi connectivity index (χ2n) is 5.79. The summed E-state index contributed by atoms with van der Waals surface area (Å²) in [4.78, 5) is 24.1. The predicted molar refractivity (Wildman–Crippen MR) is 92.4 cm³/mol. The summed E-state index contributed by atoms with van der Waals surface area (Å²) in [6, 6.07) is 5.19. The standard InChI is InChI=1S/C18H26N2O4/c1-3-23-15-11-10-14(12-16(15)24-4-2)20-18(22)17(21)19-13-8-6-5-7-9-13/h10-13H,3-9H2,1-2H3,(H,19,21)(H,20,22). The smallest absolute Gasteiger partial charge is 0.313 e. The largest absolute Gasteiger partial charge is 0.490 e. The van der Waals surface area contributed by atoms with Crippen molar-refractivity contribution in [1.29, 1.82) is 0 Å². The average Bonchev–Trinajstić information content (AvgIpc) is 2.58. The summed E-state index contributed by atoms with van der Waals surface area (Å²) >= 11 is 0. The second-order valence-corrected chi connectivity index (χ2v) is 5.79. The highest BCUT2D eigenvalue weighted by Crippen LogP contribution is 2.30. The fourth-order valence-corrected chi connectivity index (χ4v) is 2.81. The van der Waals surface area contributed by atoms with Crippen molar-refractivity contribution in [3.63, 3.8) is 0 Å². The van der Waals surface area contributed by atoms with Crippen LogP contribution in [0.2, 0.25) is 0 Å². The molecule has 1 aromatic rings. The molecule has 0 radical (unpaired) electrons. The van der Waals surface area contributed by atoms with Crippen LogP contribution in [0.5, 0.6) is 11.5 Å². The van der Waals surface area contributed by atoms with E-state index in [1.807, 2.05) is 13.8 Å². The van der Waals surface area contributed by atoms with Crippen LogP contribution >= 0.6 is 0 Å². The second kappa shape index (κ2) is 9.15. The molecule has 1 saturated carbocycles. The van der Waals surface area contributed by atoms with Gasteiger partial charge in [-0.3, -0.25) is 9.59 Å². The van der Waals surface area contributed by atoms with Gasteiger partial charge in [0.1, 0.15) is 0 Å². The summed E-state index contributed by atoms with van der Waals surface area (Å²) < 4.78 is 11.0. The van der Waals surface area contributed by atoms with E-state index in [4.69, 9.17) is 9.47 Å². The van der Waals surface area contributed by atoms with Crippen molar-refractivity contribution in [2.45, 2.75) is 52.0 Å². The fourth-order valence-electron chi connectivity index (χ4n) is 2.81. The van der Waals surface area contributed by atoms with Crippen LogP contribution in [0.1, 0.15) is 46.0 Å². The zero-order chi connectivity index (χ0) is 17.4. The van der Waals surface area contributed by atoms with Crippen molar-refractivity contribution in [2.24, 2.45) is 0 Å². The number of hydrogen-bond acceptors (Lipinski definition) is 4. The number of carbonyl (C=O) groups is 2. The van der Waals surface area contributed by atoms with E-state index in [1.54, 1.807) is 18.2 Å². The van der Waals surface area contributed by atoms with Crippen LogP contribution in [-0.4, -0.2) is 31.1 Å². The van der Waals surface area contributed by atoms with E-state index in [9.17, 15) is 9.59 Å². The average molecular weight is 334 g/mol. The van der Waals surface area contributed by atoms with E-state index in [1.165, 1.54) is 6.42 Å². The van der Waals surface area contributed by atoms with E-state index in [0.29, 0.717) is 30.4 Å². The van der Waals surface area contributed by atoms with Gasteiger partial charge < -0.3 is 20.1 Å².